The predicted octanol–water partition coefficient (Wildman–Crippen LogP) is 5.61. The van der Waals surface area contributed by atoms with E-state index in [4.69, 9.17) is 14.0 Å². The predicted molar refractivity (Wildman–Crippen MR) is 171 cm³/mol. The number of hydrogen-bond acceptors (Lipinski definition) is 8. The highest BCUT2D eigenvalue weighted by molar-refractivity contribution is 7.60. The summed E-state index contributed by atoms with van der Waals surface area (Å²) < 4.78 is 30.1. The van der Waals surface area contributed by atoms with E-state index in [9.17, 15) is 23.7 Å². The quantitative estimate of drug-likeness (QED) is 0.166. The molecule has 0 aromatic heterocycles. The van der Waals surface area contributed by atoms with Crippen LogP contribution in [0.25, 0.3) is 0 Å². The van der Waals surface area contributed by atoms with Gasteiger partial charge < -0.3 is 29.9 Å². The molecule has 12 heteroatoms. The minimum Gasteiger partial charge on any atom is -0.460 e. The molecule has 0 radical (unpaired) electrons. The summed E-state index contributed by atoms with van der Waals surface area (Å²) in [4.78, 5) is 52.7. The van der Waals surface area contributed by atoms with Gasteiger partial charge in [0.1, 0.15) is 36.2 Å². The van der Waals surface area contributed by atoms with E-state index in [1.54, 1.807) is 41.5 Å². The molecule has 0 heterocycles. The fraction of sp³-hybridized carbons (Fsp3) is 0.688. The number of hydrogen-bond donors (Lipinski definition) is 3. The largest absolute Gasteiger partial charge is 0.460 e. The van der Waals surface area contributed by atoms with Gasteiger partial charge in [-0.3, -0.25) is 18.9 Å². The number of carbonyl (C=O) groups excluding carboxylic acids is 4. The molecule has 5 atom stereocenters. The smallest absolute Gasteiger partial charge is 0.408 e. The van der Waals surface area contributed by atoms with Gasteiger partial charge in [0.05, 0.1) is 0 Å². The average molecular weight is 640 g/mol. The maximum atomic E-state index is 14.0. The van der Waals surface area contributed by atoms with Gasteiger partial charge in [0, 0.05) is 7.11 Å². The zero-order chi connectivity index (χ0) is 33.9. The van der Waals surface area contributed by atoms with E-state index in [-0.39, 0.29) is 24.9 Å². The molecule has 1 aromatic rings. The number of amides is 3. The van der Waals surface area contributed by atoms with Crippen molar-refractivity contribution < 1.29 is 37.7 Å². The van der Waals surface area contributed by atoms with Gasteiger partial charge in [-0.1, -0.05) is 85.2 Å². The first kappa shape index (κ1) is 39.1. The van der Waals surface area contributed by atoms with E-state index >= 15 is 0 Å². The van der Waals surface area contributed by atoms with Crippen molar-refractivity contribution in [2.45, 2.75) is 112 Å². The SMILES string of the molecule is CC[C@H](C)[C@H](NC(=O)[C@@H](NC(=O)OCc1ccccc1)C(C)(C)C)C(=O)NC(CC(C)C)P(=O)(CC(=O)OC(C)(C)C)OC. The minimum atomic E-state index is -3.76. The second kappa shape index (κ2) is 17.0. The molecule has 11 nitrogen and oxygen atoms in total. The molecule has 0 aliphatic rings. The topological polar surface area (TPSA) is 149 Å². The number of benzene rings is 1. The van der Waals surface area contributed by atoms with Crippen molar-refractivity contribution in [1.82, 2.24) is 16.0 Å². The lowest BCUT2D eigenvalue weighted by Crippen LogP contribution is -2.59. The number of alkyl carbamates (subject to hydrolysis) is 1. The van der Waals surface area contributed by atoms with Gasteiger partial charge in [-0.05, 0) is 50.0 Å². The molecule has 44 heavy (non-hydrogen) atoms. The molecule has 0 aliphatic carbocycles. The first-order valence-electron chi connectivity index (χ1n) is 15.2. The molecule has 0 aliphatic heterocycles. The highest BCUT2D eigenvalue weighted by Crippen LogP contribution is 2.52. The monoisotopic (exact) mass is 639 g/mol. The molecule has 3 amide bonds. The van der Waals surface area contributed by atoms with Crippen molar-refractivity contribution in [2.75, 3.05) is 13.3 Å². The third-order valence-electron chi connectivity index (χ3n) is 6.95. The van der Waals surface area contributed by atoms with Crippen LogP contribution in [0.3, 0.4) is 0 Å². The van der Waals surface area contributed by atoms with Gasteiger partial charge in [-0.15, -0.1) is 0 Å². The molecular formula is C32H54N3O8P. The Labute approximate surface area is 263 Å². The van der Waals surface area contributed by atoms with E-state index in [0.717, 1.165) is 5.56 Å². The molecule has 1 aromatic carbocycles. The van der Waals surface area contributed by atoms with Crippen molar-refractivity contribution in [3.8, 4) is 0 Å². The Morgan fingerprint density at radius 1 is 0.886 bits per heavy atom. The molecule has 0 saturated heterocycles. The summed E-state index contributed by atoms with van der Waals surface area (Å²) in [5, 5.41) is 8.28. The van der Waals surface area contributed by atoms with Crippen LogP contribution >= 0.6 is 7.37 Å². The normalized spacial score (nSPS) is 16.1. The Kier molecular flexibility index (Phi) is 15.1. The number of ether oxygens (including phenoxy) is 2. The van der Waals surface area contributed by atoms with Gasteiger partial charge in [0.15, 0.2) is 0 Å². The van der Waals surface area contributed by atoms with Crippen molar-refractivity contribution in [3.05, 3.63) is 35.9 Å². The molecule has 0 spiro atoms. The third kappa shape index (κ3) is 13.4. The lowest BCUT2D eigenvalue weighted by Gasteiger charge is -2.34. The molecule has 1 rings (SSSR count). The van der Waals surface area contributed by atoms with E-state index in [0.29, 0.717) is 6.42 Å². The van der Waals surface area contributed by atoms with E-state index in [2.05, 4.69) is 16.0 Å². The van der Waals surface area contributed by atoms with Gasteiger partial charge in [0.25, 0.3) is 0 Å². The number of rotatable bonds is 15. The van der Waals surface area contributed by atoms with Crippen molar-refractivity contribution in [3.63, 3.8) is 0 Å². The molecule has 0 bridgehead atoms. The third-order valence-corrected chi connectivity index (χ3v) is 9.56. The van der Waals surface area contributed by atoms with Crippen LogP contribution in [-0.2, 0) is 39.6 Å². The fourth-order valence-electron chi connectivity index (χ4n) is 4.37. The number of carbonyl (C=O) groups is 4. The minimum absolute atomic E-state index is 0.00424. The fourth-order valence-corrected chi connectivity index (χ4v) is 6.47. The first-order valence-corrected chi connectivity index (χ1v) is 17.0. The van der Waals surface area contributed by atoms with Crippen LogP contribution in [0.1, 0.15) is 87.6 Å². The molecule has 3 N–H and O–H groups in total. The Bertz CT molecular complexity index is 1140. The Morgan fingerprint density at radius 2 is 1.48 bits per heavy atom. The maximum absolute atomic E-state index is 14.0. The number of esters is 1. The van der Waals surface area contributed by atoms with Gasteiger partial charge in [-0.2, -0.15) is 0 Å². The van der Waals surface area contributed by atoms with Crippen LogP contribution in [0.2, 0.25) is 0 Å². The molecule has 0 fully saturated rings. The lowest BCUT2D eigenvalue weighted by molar-refractivity contribution is -0.151. The van der Waals surface area contributed by atoms with Crippen LogP contribution in [0, 0.1) is 17.3 Å². The summed E-state index contributed by atoms with van der Waals surface area (Å²) >= 11 is 0. The van der Waals surface area contributed by atoms with Crippen LogP contribution in [0.15, 0.2) is 30.3 Å². The first-order chi connectivity index (χ1) is 20.2. The lowest BCUT2D eigenvalue weighted by atomic mass is 9.85. The Morgan fingerprint density at radius 3 is 1.95 bits per heavy atom. The molecule has 2 unspecified atom stereocenters. The summed E-state index contributed by atoms with van der Waals surface area (Å²) in [5.74, 6) is -3.17. The van der Waals surface area contributed by atoms with Crippen LogP contribution in [-0.4, -0.2) is 60.6 Å². The highest BCUT2D eigenvalue weighted by atomic mass is 31.2. The summed E-state index contributed by atoms with van der Waals surface area (Å²) in [6.07, 6.45) is -0.478. The van der Waals surface area contributed by atoms with Gasteiger partial charge >= 0.3 is 12.1 Å². The van der Waals surface area contributed by atoms with Crippen LogP contribution in [0.5, 0.6) is 0 Å². The second-order valence-electron chi connectivity index (χ2n) is 13.7. The van der Waals surface area contributed by atoms with E-state index in [1.807, 2.05) is 58.0 Å². The zero-order valence-corrected chi connectivity index (χ0v) is 29.2. The van der Waals surface area contributed by atoms with Crippen LogP contribution in [0.4, 0.5) is 4.79 Å². The summed E-state index contributed by atoms with van der Waals surface area (Å²) in [6, 6.07) is 7.09. The molecule has 0 saturated carbocycles. The summed E-state index contributed by atoms with van der Waals surface area (Å²) in [5.41, 5.74) is -0.723. The molecular weight excluding hydrogens is 585 g/mol. The second-order valence-corrected chi connectivity index (χ2v) is 16.4. The van der Waals surface area contributed by atoms with Crippen molar-refractivity contribution >= 4 is 31.2 Å². The highest BCUT2D eigenvalue weighted by Gasteiger charge is 2.41. The maximum Gasteiger partial charge on any atom is 0.408 e. The van der Waals surface area contributed by atoms with E-state index in [1.165, 1.54) is 7.11 Å². The average Bonchev–Trinajstić information content (AvgIpc) is 2.90. The summed E-state index contributed by atoms with van der Waals surface area (Å²) in [6.45, 7) is 18.0. The number of nitrogens with one attached hydrogen (secondary N) is 3. The zero-order valence-electron chi connectivity index (χ0n) is 28.3. The standard InChI is InChI=1S/C32H54N3O8P/c1-12-22(4)26(28(37)33-24(18-21(2)3)44(40,41-11)20-25(36)43-32(8,9)10)34-29(38)27(31(5,6)7)35-30(39)42-19-23-16-14-13-15-17-23/h13-17,21-22,24,26-27H,12,18-20H2,1-11H3,(H,33,37)(H,34,38)(H,35,39)/t22-,24?,26-,27+,44?/m0/s1. The van der Waals surface area contributed by atoms with Crippen molar-refractivity contribution in [1.29, 1.82) is 0 Å². The Balaban J connectivity index is 3.19. The van der Waals surface area contributed by atoms with Gasteiger partial charge in [-0.25, -0.2) is 4.79 Å². The molecule has 250 valence electrons. The van der Waals surface area contributed by atoms with E-state index < -0.39 is 66.3 Å². The Hall–Kier alpha value is -2.91. The van der Waals surface area contributed by atoms with Crippen molar-refractivity contribution in [2.24, 2.45) is 17.3 Å². The van der Waals surface area contributed by atoms with Crippen LogP contribution < -0.4 is 16.0 Å². The van der Waals surface area contributed by atoms with Gasteiger partial charge in [0.2, 0.25) is 19.2 Å². The summed E-state index contributed by atoms with van der Waals surface area (Å²) in [7, 11) is -2.52.